The topological polar surface area (TPSA) is 148 Å². The molecule has 0 aliphatic rings. The number of amides is 1. The number of nitrogens with one attached hydrogen (secondary N) is 2. The molecule has 0 spiro atoms. The highest BCUT2D eigenvalue weighted by Crippen LogP contribution is 2.32. The van der Waals surface area contributed by atoms with E-state index in [1.807, 2.05) is 4.57 Å². The maximum atomic E-state index is 13.5. The standard InChI is InChI=1S/C22H24ClFN6O4/c1-13(31)10-27-22(32)17-12-29(11-16(17)15-4-3-14(24)9-18(15)23)8-2-7-26-20-6-5-19(30(33)34)21(25)28-20/h3-6,9,11-13,31H,2,7-8,10H2,1H3,(H,27,32)(H3,25,26,28)/t13-/m1/s1. The molecule has 0 radical (unpaired) electrons. The number of nitrogens with zero attached hydrogens (tertiary/aromatic N) is 3. The minimum atomic E-state index is -0.711. The zero-order valence-corrected chi connectivity index (χ0v) is 19.1. The van der Waals surface area contributed by atoms with Crippen LogP contribution in [-0.4, -0.2) is 44.7 Å². The van der Waals surface area contributed by atoms with Crippen molar-refractivity contribution >= 4 is 34.8 Å². The molecule has 2 heterocycles. The molecule has 1 amide bonds. The van der Waals surface area contributed by atoms with E-state index in [0.29, 0.717) is 42.0 Å². The zero-order chi connectivity index (χ0) is 24.8. The minimum Gasteiger partial charge on any atom is -0.392 e. The summed E-state index contributed by atoms with van der Waals surface area (Å²) in [5, 5.41) is 26.2. The number of carbonyl (C=O) groups is 1. The van der Waals surface area contributed by atoms with E-state index >= 15 is 0 Å². The van der Waals surface area contributed by atoms with Crippen LogP contribution < -0.4 is 16.4 Å². The lowest BCUT2D eigenvalue weighted by molar-refractivity contribution is -0.384. The number of carbonyl (C=O) groups excluding carboxylic acids is 1. The Morgan fingerprint density at radius 2 is 2.09 bits per heavy atom. The number of hydrogen-bond acceptors (Lipinski definition) is 7. The Hall–Kier alpha value is -3.70. The highest BCUT2D eigenvalue weighted by molar-refractivity contribution is 6.33. The number of aromatic nitrogens is 2. The number of nitrogens with two attached hydrogens (primary N) is 1. The maximum absolute atomic E-state index is 13.5. The Kier molecular flexibility index (Phi) is 8.03. The summed E-state index contributed by atoms with van der Waals surface area (Å²) in [6, 6.07) is 6.72. The normalized spacial score (nSPS) is 11.8. The minimum absolute atomic E-state index is 0.0793. The second-order valence-corrected chi connectivity index (χ2v) is 8.05. The molecule has 0 aliphatic carbocycles. The smallest absolute Gasteiger partial charge is 0.311 e. The van der Waals surface area contributed by atoms with Crippen molar-refractivity contribution in [3.63, 3.8) is 0 Å². The van der Waals surface area contributed by atoms with Gasteiger partial charge in [-0.15, -0.1) is 0 Å². The predicted molar refractivity (Wildman–Crippen MR) is 127 cm³/mol. The average molecular weight is 491 g/mol. The van der Waals surface area contributed by atoms with Gasteiger partial charge < -0.3 is 26.0 Å². The fraction of sp³-hybridized carbons (Fsp3) is 0.273. The molecule has 10 nitrogen and oxygen atoms in total. The lowest BCUT2D eigenvalue weighted by Crippen LogP contribution is -2.30. The summed E-state index contributed by atoms with van der Waals surface area (Å²) in [6.07, 6.45) is 3.32. The second-order valence-electron chi connectivity index (χ2n) is 7.64. The van der Waals surface area contributed by atoms with Gasteiger partial charge in [0, 0.05) is 49.2 Å². The van der Waals surface area contributed by atoms with Gasteiger partial charge in [-0.05, 0) is 37.6 Å². The van der Waals surface area contributed by atoms with Crippen molar-refractivity contribution in [2.24, 2.45) is 0 Å². The first-order chi connectivity index (χ1) is 16.2. The van der Waals surface area contributed by atoms with Crippen LogP contribution >= 0.6 is 11.6 Å². The molecule has 0 saturated carbocycles. The number of pyridine rings is 1. The van der Waals surface area contributed by atoms with E-state index in [1.165, 1.54) is 30.3 Å². The number of rotatable bonds is 10. The summed E-state index contributed by atoms with van der Waals surface area (Å²) in [5.41, 5.74) is 6.72. The third-order valence-corrected chi connectivity index (χ3v) is 5.21. The molecule has 3 rings (SSSR count). The number of aliphatic hydroxyl groups is 1. The van der Waals surface area contributed by atoms with Crippen LogP contribution in [0.3, 0.4) is 0 Å². The Morgan fingerprint density at radius 1 is 1.32 bits per heavy atom. The Morgan fingerprint density at radius 3 is 2.74 bits per heavy atom. The van der Waals surface area contributed by atoms with Gasteiger partial charge in [0.05, 0.1) is 21.6 Å². The Balaban J connectivity index is 1.72. The largest absolute Gasteiger partial charge is 0.392 e. The quantitative estimate of drug-likeness (QED) is 0.193. The summed E-state index contributed by atoms with van der Waals surface area (Å²) in [5.74, 6) is -0.639. The summed E-state index contributed by atoms with van der Waals surface area (Å²) >= 11 is 6.23. The monoisotopic (exact) mass is 490 g/mol. The van der Waals surface area contributed by atoms with Gasteiger partial charge in [0.1, 0.15) is 11.6 Å². The molecule has 3 aromatic rings. The van der Waals surface area contributed by atoms with Crippen molar-refractivity contribution in [3.05, 3.63) is 69.2 Å². The molecule has 0 fully saturated rings. The SMILES string of the molecule is C[C@@H](O)CNC(=O)c1cn(CCCNc2ccc([N+](=O)[O-])c(N)n2)cc1-c1ccc(F)cc1Cl. The van der Waals surface area contributed by atoms with E-state index in [1.54, 1.807) is 19.3 Å². The first kappa shape index (κ1) is 24.9. The van der Waals surface area contributed by atoms with Crippen LogP contribution in [0.2, 0.25) is 5.02 Å². The van der Waals surface area contributed by atoms with Crippen LogP contribution in [-0.2, 0) is 6.54 Å². The molecule has 0 saturated heterocycles. The molecule has 34 heavy (non-hydrogen) atoms. The van der Waals surface area contributed by atoms with Crippen molar-refractivity contribution in [2.45, 2.75) is 26.0 Å². The first-order valence-electron chi connectivity index (χ1n) is 10.4. The molecule has 1 aromatic carbocycles. The summed E-state index contributed by atoms with van der Waals surface area (Å²) in [6.45, 7) is 2.64. The average Bonchev–Trinajstić information content (AvgIpc) is 3.18. The molecule has 2 aromatic heterocycles. The number of benzene rings is 1. The van der Waals surface area contributed by atoms with Gasteiger partial charge in [-0.25, -0.2) is 9.37 Å². The molecule has 0 unspecified atom stereocenters. The van der Waals surface area contributed by atoms with Crippen LogP contribution in [0, 0.1) is 15.9 Å². The molecular weight excluding hydrogens is 467 g/mol. The first-order valence-corrected chi connectivity index (χ1v) is 10.8. The fourth-order valence-corrected chi connectivity index (χ4v) is 3.54. The van der Waals surface area contributed by atoms with E-state index in [9.17, 15) is 24.4 Å². The van der Waals surface area contributed by atoms with Crippen molar-refractivity contribution in [2.75, 3.05) is 24.1 Å². The Bertz CT molecular complexity index is 1200. The number of nitro groups is 1. The molecule has 0 bridgehead atoms. The van der Waals surface area contributed by atoms with Crippen LogP contribution in [0.4, 0.5) is 21.7 Å². The Labute approximate surface area is 199 Å². The van der Waals surface area contributed by atoms with Gasteiger partial charge in [-0.3, -0.25) is 14.9 Å². The number of hydrogen-bond donors (Lipinski definition) is 4. The van der Waals surface area contributed by atoms with Crippen molar-refractivity contribution in [1.82, 2.24) is 14.9 Å². The van der Waals surface area contributed by atoms with Crippen LogP contribution in [0.1, 0.15) is 23.7 Å². The van der Waals surface area contributed by atoms with E-state index in [2.05, 4.69) is 15.6 Å². The van der Waals surface area contributed by atoms with E-state index < -0.39 is 22.8 Å². The molecule has 12 heteroatoms. The van der Waals surface area contributed by atoms with Crippen molar-refractivity contribution in [1.29, 1.82) is 0 Å². The summed E-state index contributed by atoms with van der Waals surface area (Å²) < 4.78 is 15.3. The predicted octanol–water partition coefficient (Wildman–Crippen LogP) is 3.45. The zero-order valence-electron chi connectivity index (χ0n) is 18.3. The molecule has 1 atom stereocenters. The molecule has 180 valence electrons. The van der Waals surface area contributed by atoms with Gasteiger partial charge >= 0.3 is 5.69 Å². The highest BCUT2D eigenvalue weighted by Gasteiger charge is 2.19. The van der Waals surface area contributed by atoms with Crippen molar-refractivity contribution in [3.8, 4) is 11.1 Å². The fourth-order valence-electron chi connectivity index (χ4n) is 3.27. The number of aliphatic hydroxyl groups excluding tert-OH is 1. The molecule has 0 aliphatic heterocycles. The highest BCUT2D eigenvalue weighted by atomic mass is 35.5. The third kappa shape index (κ3) is 6.21. The third-order valence-electron chi connectivity index (χ3n) is 4.90. The number of aryl methyl sites for hydroxylation is 1. The van der Waals surface area contributed by atoms with Crippen LogP contribution in [0.25, 0.3) is 11.1 Å². The van der Waals surface area contributed by atoms with Gasteiger partial charge in [0.15, 0.2) is 0 Å². The van der Waals surface area contributed by atoms with Crippen LogP contribution in [0.5, 0.6) is 0 Å². The molecule has 5 N–H and O–H groups in total. The van der Waals surface area contributed by atoms with Gasteiger partial charge in [-0.2, -0.15) is 0 Å². The lowest BCUT2D eigenvalue weighted by atomic mass is 10.0. The number of anilines is 2. The molecular formula is C22H24ClFN6O4. The number of halogens is 2. The van der Waals surface area contributed by atoms with Gasteiger partial charge in [-0.1, -0.05) is 11.6 Å². The van der Waals surface area contributed by atoms with Crippen LogP contribution in [0.15, 0.2) is 42.7 Å². The lowest BCUT2D eigenvalue weighted by Gasteiger charge is -2.09. The van der Waals surface area contributed by atoms with E-state index in [0.717, 1.165) is 0 Å². The van der Waals surface area contributed by atoms with Crippen molar-refractivity contribution < 1.29 is 19.2 Å². The van der Waals surface area contributed by atoms with Gasteiger partial charge in [0.25, 0.3) is 5.91 Å². The second kappa shape index (κ2) is 10.9. The maximum Gasteiger partial charge on any atom is 0.311 e. The number of nitrogen functional groups attached to an aromatic ring is 1. The van der Waals surface area contributed by atoms with E-state index in [-0.39, 0.29) is 23.1 Å². The van der Waals surface area contributed by atoms with E-state index in [4.69, 9.17) is 17.3 Å². The summed E-state index contributed by atoms with van der Waals surface area (Å²) in [7, 11) is 0. The van der Waals surface area contributed by atoms with Gasteiger partial charge in [0.2, 0.25) is 5.82 Å². The summed E-state index contributed by atoms with van der Waals surface area (Å²) in [4.78, 5) is 26.9.